The van der Waals surface area contributed by atoms with Gasteiger partial charge in [0.25, 0.3) is 0 Å². The van der Waals surface area contributed by atoms with Crippen molar-refractivity contribution in [3.63, 3.8) is 0 Å². The lowest BCUT2D eigenvalue weighted by molar-refractivity contribution is -0.147. The van der Waals surface area contributed by atoms with E-state index in [0.717, 1.165) is 0 Å². The fourth-order valence-corrected chi connectivity index (χ4v) is 1.12. The summed E-state index contributed by atoms with van der Waals surface area (Å²) in [4.78, 5) is 32.3. The van der Waals surface area contributed by atoms with Crippen LogP contribution in [0.1, 0.15) is 26.7 Å². The number of carbonyl (C=O) groups is 3. The van der Waals surface area contributed by atoms with E-state index in [-0.39, 0.29) is 12.5 Å². The first-order valence-corrected chi connectivity index (χ1v) is 5.30. The number of amides is 1. The van der Waals surface area contributed by atoms with Crippen LogP contribution in [0.15, 0.2) is 0 Å². The topological polar surface area (TPSA) is 116 Å². The molecule has 98 valence electrons. The molecule has 0 aliphatic carbocycles. The highest BCUT2D eigenvalue weighted by molar-refractivity contribution is 5.86. The second-order valence-electron chi connectivity index (χ2n) is 3.92. The van der Waals surface area contributed by atoms with E-state index in [0.29, 0.717) is 6.54 Å². The van der Waals surface area contributed by atoms with Crippen LogP contribution in [-0.2, 0) is 14.4 Å². The van der Waals surface area contributed by atoms with E-state index >= 15 is 0 Å². The second kappa shape index (κ2) is 7.61. The zero-order valence-electron chi connectivity index (χ0n) is 9.90. The van der Waals surface area contributed by atoms with Crippen LogP contribution in [0, 0.1) is 0 Å². The van der Waals surface area contributed by atoms with Crippen LogP contribution < -0.4 is 10.6 Å². The maximum absolute atomic E-state index is 11.3. The van der Waals surface area contributed by atoms with Gasteiger partial charge in [-0.1, -0.05) is 13.8 Å². The minimum Gasteiger partial charge on any atom is -0.481 e. The van der Waals surface area contributed by atoms with Crippen LogP contribution in [0.5, 0.6) is 0 Å². The summed E-state index contributed by atoms with van der Waals surface area (Å²) in [6.07, 6.45) is -0.514. The van der Waals surface area contributed by atoms with Crippen molar-refractivity contribution in [1.82, 2.24) is 10.6 Å². The Labute approximate surface area is 99.2 Å². The highest BCUT2D eigenvalue weighted by atomic mass is 16.4. The van der Waals surface area contributed by atoms with Crippen molar-refractivity contribution in [3.05, 3.63) is 0 Å². The van der Waals surface area contributed by atoms with Crippen LogP contribution in [0.3, 0.4) is 0 Å². The van der Waals surface area contributed by atoms with Crippen LogP contribution in [0.25, 0.3) is 0 Å². The molecule has 0 aliphatic rings. The Balaban J connectivity index is 4.04. The van der Waals surface area contributed by atoms with E-state index in [1.165, 1.54) is 0 Å². The molecule has 1 unspecified atom stereocenters. The van der Waals surface area contributed by atoms with Crippen molar-refractivity contribution >= 4 is 17.8 Å². The molecule has 1 amide bonds. The van der Waals surface area contributed by atoms with Crippen LogP contribution >= 0.6 is 0 Å². The molecule has 0 saturated heterocycles. The molecule has 0 radical (unpaired) electrons. The Bertz CT molecular complexity index is 290. The second-order valence-corrected chi connectivity index (χ2v) is 3.92. The summed E-state index contributed by atoms with van der Waals surface area (Å²) in [5, 5.41) is 22.3. The summed E-state index contributed by atoms with van der Waals surface area (Å²) >= 11 is 0. The van der Waals surface area contributed by atoms with Gasteiger partial charge >= 0.3 is 11.9 Å². The monoisotopic (exact) mass is 246 g/mol. The van der Waals surface area contributed by atoms with Crippen molar-refractivity contribution in [2.45, 2.75) is 38.8 Å². The maximum Gasteiger partial charge on any atom is 0.326 e. The van der Waals surface area contributed by atoms with E-state index in [9.17, 15) is 14.4 Å². The average Bonchev–Trinajstić information content (AvgIpc) is 2.15. The molecule has 0 aliphatic heterocycles. The molecule has 0 rings (SSSR count). The van der Waals surface area contributed by atoms with Crippen LogP contribution in [-0.4, -0.2) is 46.7 Å². The first kappa shape index (κ1) is 15.4. The molecular formula is C10H18N2O5. The molecule has 1 atom stereocenters. The molecule has 0 aromatic heterocycles. The third kappa shape index (κ3) is 8.21. The smallest absolute Gasteiger partial charge is 0.326 e. The van der Waals surface area contributed by atoms with Gasteiger partial charge in [-0.3, -0.25) is 9.59 Å². The molecule has 7 heteroatoms. The number of carbonyl (C=O) groups excluding carboxylic acids is 1. The highest BCUT2D eigenvalue weighted by Crippen LogP contribution is 1.94. The molecule has 0 spiro atoms. The number of hydrogen-bond acceptors (Lipinski definition) is 4. The normalized spacial score (nSPS) is 12.2. The lowest BCUT2D eigenvalue weighted by Crippen LogP contribution is -2.43. The fourth-order valence-electron chi connectivity index (χ4n) is 1.12. The van der Waals surface area contributed by atoms with Gasteiger partial charge in [-0.05, 0) is 0 Å². The molecular weight excluding hydrogens is 228 g/mol. The quantitative estimate of drug-likeness (QED) is 0.455. The van der Waals surface area contributed by atoms with Gasteiger partial charge < -0.3 is 20.8 Å². The minimum atomic E-state index is -1.38. The van der Waals surface area contributed by atoms with Crippen molar-refractivity contribution in [3.8, 4) is 0 Å². The number of aliphatic carboxylic acids is 2. The van der Waals surface area contributed by atoms with Crippen molar-refractivity contribution in [2.24, 2.45) is 0 Å². The SMILES string of the molecule is CC(C)NCCC(=O)NC(CC(=O)O)C(=O)O. The standard InChI is InChI=1S/C10H18N2O5/c1-6(2)11-4-3-8(13)12-7(10(16)17)5-9(14)15/h6-7,11H,3-5H2,1-2H3,(H,12,13)(H,14,15)(H,16,17). The van der Waals surface area contributed by atoms with E-state index in [1.807, 2.05) is 13.8 Å². The molecule has 0 heterocycles. The largest absolute Gasteiger partial charge is 0.481 e. The Kier molecular flexibility index (Phi) is 6.88. The van der Waals surface area contributed by atoms with Gasteiger partial charge in [0.1, 0.15) is 6.04 Å². The van der Waals surface area contributed by atoms with Crippen molar-refractivity contribution in [1.29, 1.82) is 0 Å². The Morgan fingerprint density at radius 2 is 1.76 bits per heavy atom. The van der Waals surface area contributed by atoms with Gasteiger partial charge in [0.2, 0.25) is 5.91 Å². The molecule has 17 heavy (non-hydrogen) atoms. The summed E-state index contributed by atoms with van der Waals surface area (Å²) in [5.74, 6) is -3.10. The lowest BCUT2D eigenvalue weighted by atomic mass is 10.2. The predicted molar refractivity (Wildman–Crippen MR) is 59.6 cm³/mol. The van der Waals surface area contributed by atoms with Gasteiger partial charge in [-0.2, -0.15) is 0 Å². The number of nitrogens with one attached hydrogen (secondary N) is 2. The molecule has 0 bridgehead atoms. The zero-order chi connectivity index (χ0) is 13.4. The zero-order valence-corrected chi connectivity index (χ0v) is 9.90. The predicted octanol–water partition coefficient (Wildman–Crippen LogP) is -0.581. The van der Waals surface area contributed by atoms with Crippen LogP contribution in [0.4, 0.5) is 0 Å². The number of carboxylic acids is 2. The Hall–Kier alpha value is -1.63. The van der Waals surface area contributed by atoms with E-state index < -0.39 is 30.3 Å². The van der Waals surface area contributed by atoms with Gasteiger partial charge in [0.15, 0.2) is 0 Å². The molecule has 0 saturated carbocycles. The summed E-state index contributed by atoms with van der Waals surface area (Å²) in [6, 6.07) is -1.14. The van der Waals surface area contributed by atoms with Gasteiger partial charge in [-0.15, -0.1) is 0 Å². The van der Waals surface area contributed by atoms with E-state index in [2.05, 4.69) is 10.6 Å². The summed E-state index contributed by atoms with van der Waals surface area (Å²) in [6.45, 7) is 4.26. The molecule has 7 nitrogen and oxygen atoms in total. The van der Waals surface area contributed by atoms with Gasteiger partial charge in [0.05, 0.1) is 6.42 Å². The molecule has 0 fully saturated rings. The minimum absolute atomic E-state index is 0.113. The number of carboxylic acid groups (broad SMARTS) is 2. The van der Waals surface area contributed by atoms with Crippen molar-refractivity contribution in [2.75, 3.05) is 6.54 Å². The van der Waals surface area contributed by atoms with Crippen molar-refractivity contribution < 1.29 is 24.6 Å². The fraction of sp³-hybridized carbons (Fsp3) is 0.700. The van der Waals surface area contributed by atoms with Gasteiger partial charge in [0, 0.05) is 19.0 Å². The summed E-state index contributed by atoms with van der Waals surface area (Å²) in [7, 11) is 0. The third-order valence-corrected chi connectivity index (χ3v) is 1.92. The molecule has 0 aromatic rings. The first-order valence-electron chi connectivity index (χ1n) is 5.30. The highest BCUT2D eigenvalue weighted by Gasteiger charge is 2.22. The molecule has 4 N–H and O–H groups in total. The summed E-state index contributed by atoms with van der Waals surface area (Å²) in [5.41, 5.74) is 0. The number of hydrogen-bond donors (Lipinski definition) is 4. The van der Waals surface area contributed by atoms with Crippen LogP contribution in [0.2, 0.25) is 0 Å². The van der Waals surface area contributed by atoms with Gasteiger partial charge in [-0.25, -0.2) is 4.79 Å². The first-order chi connectivity index (χ1) is 7.82. The van der Waals surface area contributed by atoms with E-state index in [1.54, 1.807) is 0 Å². The Morgan fingerprint density at radius 3 is 2.18 bits per heavy atom. The Morgan fingerprint density at radius 1 is 1.18 bits per heavy atom. The average molecular weight is 246 g/mol. The maximum atomic E-state index is 11.3. The molecule has 0 aromatic carbocycles. The lowest BCUT2D eigenvalue weighted by Gasteiger charge is -2.13. The number of rotatable bonds is 8. The summed E-state index contributed by atoms with van der Waals surface area (Å²) < 4.78 is 0. The third-order valence-electron chi connectivity index (χ3n) is 1.92. The van der Waals surface area contributed by atoms with E-state index in [4.69, 9.17) is 10.2 Å².